The van der Waals surface area contributed by atoms with Crippen molar-refractivity contribution in [3.8, 4) is 11.5 Å². The molecule has 0 bridgehead atoms. The van der Waals surface area contributed by atoms with Crippen LogP contribution < -0.4 is 9.47 Å². The molecule has 0 saturated carbocycles. The third-order valence-corrected chi connectivity index (χ3v) is 3.52. The van der Waals surface area contributed by atoms with Crippen LogP contribution in [0.3, 0.4) is 0 Å². The highest BCUT2D eigenvalue weighted by atomic mass is 35.5. The normalized spacial score (nSPS) is 10.6. The van der Waals surface area contributed by atoms with Gasteiger partial charge in [0.15, 0.2) is 0 Å². The molecule has 1 aromatic heterocycles. The lowest BCUT2D eigenvalue weighted by Gasteiger charge is -2.09. The highest BCUT2D eigenvalue weighted by Gasteiger charge is 2.07. The first kappa shape index (κ1) is 13.7. The van der Waals surface area contributed by atoms with Gasteiger partial charge < -0.3 is 9.47 Å². The summed E-state index contributed by atoms with van der Waals surface area (Å²) in [5.74, 6) is 1.57. The molecule has 0 aliphatic carbocycles. The Kier molecular flexibility index (Phi) is 3.93. The average molecular weight is 300 g/mol. The van der Waals surface area contributed by atoms with E-state index >= 15 is 0 Å². The molecule has 3 rings (SSSR count). The van der Waals surface area contributed by atoms with Crippen LogP contribution in [-0.4, -0.2) is 12.1 Å². The van der Waals surface area contributed by atoms with E-state index in [1.165, 1.54) is 0 Å². The maximum absolute atomic E-state index is 6.23. The number of rotatable bonds is 4. The predicted octanol–water partition coefficient (Wildman–Crippen LogP) is 4.48. The molecule has 0 atom stereocenters. The number of fused-ring (bicyclic) bond motifs is 1. The summed E-state index contributed by atoms with van der Waals surface area (Å²) in [6, 6.07) is 17.4. The Morgan fingerprint density at radius 1 is 1.00 bits per heavy atom. The molecule has 106 valence electrons. The number of halogens is 1. The quantitative estimate of drug-likeness (QED) is 0.666. The Morgan fingerprint density at radius 3 is 2.57 bits per heavy atom. The molecule has 0 unspecified atom stereocenters. The van der Waals surface area contributed by atoms with Crippen molar-refractivity contribution < 1.29 is 9.47 Å². The largest absolute Gasteiger partial charge is 0.497 e. The first-order valence-corrected chi connectivity index (χ1v) is 6.95. The lowest BCUT2D eigenvalue weighted by Crippen LogP contribution is -1.98. The van der Waals surface area contributed by atoms with Gasteiger partial charge in [0.2, 0.25) is 0 Å². The fourth-order valence-electron chi connectivity index (χ4n) is 2.07. The van der Waals surface area contributed by atoms with Crippen molar-refractivity contribution in [2.75, 3.05) is 7.11 Å². The molecule has 0 fully saturated rings. The first-order valence-electron chi connectivity index (χ1n) is 6.57. The van der Waals surface area contributed by atoms with E-state index in [-0.39, 0.29) is 0 Å². The van der Waals surface area contributed by atoms with E-state index in [1.807, 2.05) is 54.6 Å². The standard InChI is InChI=1S/C17H14ClNO2/c1-20-15-8-7-12-9-13(17(18)19-16(12)10-15)11-21-14-5-3-2-4-6-14/h2-10H,11H2,1H3. The van der Waals surface area contributed by atoms with Crippen LogP contribution in [0.4, 0.5) is 0 Å². The van der Waals surface area contributed by atoms with Crippen LogP contribution in [0.25, 0.3) is 10.9 Å². The number of hydrogen-bond donors (Lipinski definition) is 0. The van der Waals surface area contributed by atoms with Crippen molar-refractivity contribution >= 4 is 22.5 Å². The molecule has 0 spiro atoms. The van der Waals surface area contributed by atoms with E-state index in [0.717, 1.165) is 28.0 Å². The summed E-state index contributed by atoms with van der Waals surface area (Å²) in [5.41, 5.74) is 1.67. The fourth-order valence-corrected chi connectivity index (χ4v) is 2.27. The van der Waals surface area contributed by atoms with Gasteiger partial charge in [0, 0.05) is 17.0 Å². The van der Waals surface area contributed by atoms with Gasteiger partial charge in [-0.1, -0.05) is 29.8 Å². The molecular formula is C17H14ClNO2. The van der Waals surface area contributed by atoms with Gasteiger partial charge in [0.05, 0.1) is 12.6 Å². The first-order chi connectivity index (χ1) is 10.3. The zero-order valence-corrected chi connectivity index (χ0v) is 12.3. The number of aromatic nitrogens is 1. The minimum atomic E-state index is 0.387. The second-order valence-corrected chi connectivity index (χ2v) is 4.96. The highest BCUT2D eigenvalue weighted by Crippen LogP contribution is 2.25. The maximum Gasteiger partial charge on any atom is 0.136 e. The van der Waals surface area contributed by atoms with Gasteiger partial charge >= 0.3 is 0 Å². The third kappa shape index (κ3) is 3.09. The van der Waals surface area contributed by atoms with E-state index in [2.05, 4.69) is 4.98 Å². The molecule has 0 amide bonds. The summed E-state index contributed by atoms with van der Waals surface area (Å²) >= 11 is 6.23. The number of nitrogens with zero attached hydrogens (tertiary/aromatic N) is 1. The second kappa shape index (κ2) is 6.02. The van der Waals surface area contributed by atoms with Gasteiger partial charge in [-0.3, -0.25) is 0 Å². The highest BCUT2D eigenvalue weighted by molar-refractivity contribution is 6.30. The smallest absolute Gasteiger partial charge is 0.136 e. The van der Waals surface area contributed by atoms with Crippen molar-refractivity contribution in [1.82, 2.24) is 4.98 Å². The van der Waals surface area contributed by atoms with E-state index in [4.69, 9.17) is 21.1 Å². The van der Waals surface area contributed by atoms with Crippen molar-refractivity contribution in [1.29, 1.82) is 0 Å². The van der Waals surface area contributed by atoms with Crippen LogP contribution in [0.15, 0.2) is 54.6 Å². The summed E-state index contributed by atoms with van der Waals surface area (Å²) in [7, 11) is 1.63. The Balaban J connectivity index is 1.87. The van der Waals surface area contributed by atoms with E-state index < -0.39 is 0 Å². The molecule has 0 aliphatic rings. The minimum absolute atomic E-state index is 0.387. The molecule has 21 heavy (non-hydrogen) atoms. The zero-order valence-electron chi connectivity index (χ0n) is 11.5. The van der Waals surface area contributed by atoms with Crippen molar-refractivity contribution in [3.63, 3.8) is 0 Å². The fraction of sp³-hybridized carbons (Fsp3) is 0.118. The van der Waals surface area contributed by atoms with Gasteiger partial charge in [-0.2, -0.15) is 0 Å². The van der Waals surface area contributed by atoms with Crippen LogP contribution in [0, 0.1) is 0 Å². The molecule has 3 aromatic rings. The molecule has 2 aromatic carbocycles. The molecule has 1 heterocycles. The summed E-state index contributed by atoms with van der Waals surface area (Å²) in [5, 5.41) is 1.46. The molecule has 0 radical (unpaired) electrons. The SMILES string of the molecule is COc1ccc2cc(COc3ccccc3)c(Cl)nc2c1. The summed E-state index contributed by atoms with van der Waals surface area (Å²) in [6.45, 7) is 0.387. The Hall–Kier alpha value is -2.26. The molecule has 4 heteroatoms. The molecule has 0 aliphatic heterocycles. The van der Waals surface area contributed by atoms with Crippen molar-refractivity contribution in [2.24, 2.45) is 0 Å². The third-order valence-electron chi connectivity index (χ3n) is 3.19. The molecule has 0 saturated heterocycles. The van der Waals surface area contributed by atoms with Gasteiger partial charge in [0.1, 0.15) is 23.3 Å². The van der Waals surface area contributed by atoms with Gasteiger partial charge in [-0.25, -0.2) is 4.98 Å². The summed E-state index contributed by atoms with van der Waals surface area (Å²) < 4.78 is 10.9. The Morgan fingerprint density at radius 2 is 1.81 bits per heavy atom. The van der Waals surface area contributed by atoms with Gasteiger partial charge in [-0.15, -0.1) is 0 Å². The lowest BCUT2D eigenvalue weighted by atomic mass is 10.1. The number of methoxy groups -OCH3 is 1. The Bertz CT molecular complexity index is 759. The second-order valence-electron chi connectivity index (χ2n) is 4.60. The van der Waals surface area contributed by atoms with Crippen LogP contribution in [0.5, 0.6) is 11.5 Å². The summed E-state index contributed by atoms with van der Waals surface area (Å²) in [4.78, 5) is 4.40. The van der Waals surface area contributed by atoms with E-state index in [1.54, 1.807) is 7.11 Å². The number of benzene rings is 2. The number of pyridine rings is 1. The maximum atomic E-state index is 6.23. The molecule has 3 nitrogen and oxygen atoms in total. The van der Waals surface area contributed by atoms with Gasteiger partial charge in [-0.05, 0) is 30.3 Å². The number of ether oxygens (including phenoxy) is 2. The van der Waals surface area contributed by atoms with Crippen molar-refractivity contribution in [3.05, 3.63) is 65.3 Å². The molecular weight excluding hydrogens is 286 g/mol. The van der Waals surface area contributed by atoms with E-state index in [0.29, 0.717) is 11.8 Å². The monoisotopic (exact) mass is 299 g/mol. The topological polar surface area (TPSA) is 31.4 Å². The molecule has 0 N–H and O–H groups in total. The predicted molar refractivity (Wildman–Crippen MR) is 84.1 cm³/mol. The number of hydrogen-bond acceptors (Lipinski definition) is 3. The average Bonchev–Trinajstić information content (AvgIpc) is 2.53. The van der Waals surface area contributed by atoms with Crippen molar-refractivity contribution in [2.45, 2.75) is 6.61 Å². The lowest BCUT2D eigenvalue weighted by molar-refractivity contribution is 0.306. The van der Waals surface area contributed by atoms with Crippen LogP contribution in [0.1, 0.15) is 5.56 Å². The minimum Gasteiger partial charge on any atom is -0.497 e. The number of para-hydroxylation sites is 1. The van der Waals surface area contributed by atoms with Gasteiger partial charge in [0.25, 0.3) is 0 Å². The van der Waals surface area contributed by atoms with Crippen LogP contribution in [0.2, 0.25) is 5.15 Å². The van der Waals surface area contributed by atoms with E-state index in [9.17, 15) is 0 Å². The van der Waals surface area contributed by atoms with Crippen LogP contribution >= 0.6 is 11.6 Å². The zero-order chi connectivity index (χ0) is 14.7. The van der Waals surface area contributed by atoms with Crippen LogP contribution in [-0.2, 0) is 6.61 Å². The summed E-state index contributed by atoms with van der Waals surface area (Å²) in [6.07, 6.45) is 0. The Labute approximate surface area is 128 Å².